The van der Waals surface area contributed by atoms with E-state index in [9.17, 15) is 4.79 Å². The third kappa shape index (κ3) is 2.58. The molecule has 98 valence electrons. The molecule has 0 bridgehead atoms. The lowest BCUT2D eigenvalue weighted by molar-refractivity contribution is 0.531. The Morgan fingerprint density at radius 3 is 2.89 bits per heavy atom. The molecule has 0 amide bonds. The number of hydrogen-bond acceptors (Lipinski definition) is 3. The number of nitrogens with zero attached hydrogens (tertiary/aromatic N) is 2. The van der Waals surface area contributed by atoms with Crippen LogP contribution < -0.4 is 10.9 Å². The van der Waals surface area contributed by atoms with Crippen LogP contribution in [0, 0.1) is 0 Å². The summed E-state index contributed by atoms with van der Waals surface area (Å²) in [6.45, 7) is 6.11. The quantitative estimate of drug-likeness (QED) is 0.854. The lowest BCUT2D eigenvalue weighted by Crippen LogP contribution is -2.33. The van der Waals surface area contributed by atoms with Gasteiger partial charge in [-0.05, 0) is 19.8 Å². The first-order valence-corrected chi connectivity index (χ1v) is 6.58. The summed E-state index contributed by atoms with van der Waals surface area (Å²) in [6, 6.07) is 0. The highest BCUT2D eigenvalue weighted by Gasteiger charge is 2.29. The zero-order chi connectivity index (χ0) is 13.2. The minimum atomic E-state index is -0.275. The van der Waals surface area contributed by atoms with Gasteiger partial charge in [-0.3, -0.25) is 4.79 Å². The van der Waals surface area contributed by atoms with Crippen molar-refractivity contribution < 1.29 is 0 Å². The topological polar surface area (TPSA) is 46.9 Å². The van der Waals surface area contributed by atoms with Crippen molar-refractivity contribution in [3.05, 3.63) is 34.2 Å². The van der Waals surface area contributed by atoms with Gasteiger partial charge >= 0.3 is 0 Å². The van der Waals surface area contributed by atoms with Crippen molar-refractivity contribution in [1.82, 2.24) is 9.78 Å². The second-order valence-corrected chi connectivity index (χ2v) is 5.42. The number of nitrogens with one attached hydrogen (secondary N) is 1. The van der Waals surface area contributed by atoms with E-state index in [-0.39, 0.29) is 16.1 Å². The van der Waals surface area contributed by atoms with Crippen molar-refractivity contribution in [3.8, 4) is 0 Å². The Hall–Kier alpha value is -1.29. The molecule has 1 saturated carbocycles. The standard InChI is InChI=1S/C13H18ClN3O/c1-3-8-17-12(18)11(14)10(9-15-17)16-13(2)6-4-5-7-13/h3,9,16H,1,4-8H2,2H3. The Labute approximate surface area is 112 Å². The second kappa shape index (κ2) is 5.14. The van der Waals surface area contributed by atoms with E-state index >= 15 is 0 Å². The largest absolute Gasteiger partial charge is 0.377 e. The highest BCUT2D eigenvalue weighted by atomic mass is 35.5. The Kier molecular flexibility index (Phi) is 3.76. The molecule has 1 aromatic rings. The van der Waals surface area contributed by atoms with Gasteiger partial charge in [-0.1, -0.05) is 30.5 Å². The molecule has 2 rings (SSSR count). The summed E-state index contributed by atoms with van der Waals surface area (Å²) < 4.78 is 1.30. The van der Waals surface area contributed by atoms with Gasteiger partial charge in [0.15, 0.2) is 0 Å². The van der Waals surface area contributed by atoms with Crippen molar-refractivity contribution in [3.63, 3.8) is 0 Å². The third-order valence-electron chi connectivity index (χ3n) is 3.43. The minimum absolute atomic E-state index is 0.0301. The predicted molar refractivity (Wildman–Crippen MR) is 74.2 cm³/mol. The normalized spacial score (nSPS) is 17.7. The average molecular weight is 268 g/mol. The molecule has 1 fully saturated rings. The van der Waals surface area contributed by atoms with Crippen molar-refractivity contribution in [2.24, 2.45) is 0 Å². The number of hydrogen-bond donors (Lipinski definition) is 1. The molecular weight excluding hydrogens is 250 g/mol. The smallest absolute Gasteiger partial charge is 0.287 e. The molecule has 0 atom stereocenters. The van der Waals surface area contributed by atoms with Gasteiger partial charge in [-0.15, -0.1) is 6.58 Å². The maximum absolute atomic E-state index is 11.9. The zero-order valence-electron chi connectivity index (χ0n) is 10.6. The van der Waals surface area contributed by atoms with Gasteiger partial charge in [0, 0.05) is 5.54 Å². The van der Waals surface area contributed by atoms with E-state index in [4.69, 9.17) is 11.6 Å². The van der Waals surface area contributed by atoms with Gasteiger partial charge in [0.25, 0.3) is 5.56 Å². The van der Waals surface area contributed by atoms with E-state index < -0.39 is 0 Å². The molecule has 1 N–H and O–H groups in total. The fraction of sp³-hybridized carbons (Fsp3) is 0.538. The highest BCUT2D eigenvalue weighted by Crippen LogP contribution is 2.33. The molecule has 18 heavy (non-hydrogen) atoms. The van der Waals surface area contributed by atoms with Gasteiger partial charge in [-0.25, -0.2) is 4.68 Å². The molecule has 1 heterocycles. The summed E-state index contributed by atoms with van der Waals surface area (Å²) in [4.78, 5) is 11.9. The van der Waals surface area contributed by atoms with Crippen LogP contribution in [0.5, 0.6) is 0 Å². The maximum Gasteiger partial charge on any atom is 0.287 e. The first-order chi connectivity index (χ1) is 8.56. The monoisotopic (exact) mass is 267 g/mol. The van der Waals surface area contributed by atoms with Crippen LogP contribution in [0.2, 0.25) is 5.02 Å². The number of allylic oxidation sites excluding steroid dienone is 1. The second-order valence-electron chi connectivity index (χ2n) is 5.04. The molecule has 0 unspecified atom stereocenters. The van der Waals surface area contributed by atoms with Crippen LogP contribution in [0.15, 0.2) is 23.6 Å². The number of aromatic nitrogens is 2. The average Bonchev–Trinajstić information content (AvgIpc) is 2.76. The Morgan fingerprint density at radius 2 is 2.28 bits per heavy atom. The molecule has 0 aliphatic heterocycles. The Bertz CT molecular complexity index is 503. The number of halogens is 1. The summed E-state index contributed by atoms with van der Waals surface area (Å²) in [5.74, 6) is 0. The molecule has 0 saturated heterocycles. The van der Waals surface area contributed by atoms with Crippen LogP contribution in [0.25, 0.3) is 0 Å². The van der Waals surface area contributed by atoms with Gasteiger partial charge in [0.05, 0.1) is 18.4 Å². The van der Waals surface area contributed by atoms with Crippen LogP contribution >= 0.6 is 11.6 Å². The van der Waals surface area contributed by atoms with E-state index in [1.54, 1.807) is 12.3 Å². The van der Waals surface area contributed by atoms with E-state index in [1.807, 2.05) is 0 Å². The first kappa shape index (κ1) is 13.1. The molecule has 1 aliphatic rings. The highest BCUT2D eigenvalue weighted by molar-refractivity contribution is 6.32. The van der Waals surface area contributed by atoms with E-state index in [0.29, 0.717) is 12.2 Å². The van der Waals surface area contributed by atoms with Crippen LogP contribution in [0.3, 0.4) is 0 Å². The van der Waals surface area contributed by atoms with Crippen LogP contribution in [-0.4, -0.2) is 15.3 Å². The van der Waals surface area contributed by atoms with Gasteiger partial charge in [-0.2, -0.15) is 5.10 Å². The molecule has 1 aromatic heterocycles. The predicted octanol–water partition coefficient (Wildman–Crippen LogP) is 2.83. The fourth-order valence-electron chi connectivity index (χ4n) is 2.41. The summed E-state index contributed by atoms with van der Waals surface area (Å²) in [6.07, 6.45) is 7.86. The van der Waals surface area contributed by atoms with E-state index in [0.717, 1.165) is 12.8 Å². The van der Waals surface area contributed by atoms with Crippen LogP contribution in [0.4, 0.5) is 5.69 Å². The first-order valence-electron chi connectivity index (χ1n) is 6.20. The van der Waals surface area contributed by atoms with Crippen LogP contribution in [0.1, 0.15) is 32.6 Å². The molecule has 0 radical (unpaired) electrons. The maximum atomic E-state index is 11.9. The lowest BCUT2D eigenvalue weighted by atomic mass is 10.0. The third-order valence-corrected chi connectivity index (χ3v) is 3.80. The summed E-state index contributed by atoms with van der Waals surface area (Å²) >= 11 is 6.10. The van der Waals surface area contributed by atoms with Crippen molar-refractivity contribution in [1.29, 1.82) is 0 Å². The molecule has 5 heteroatoms. The van der Waals surface area contributed by atoms with Crippen molar-refractivity contribution in [2.45, 2.75) is 44.7 Å². The number of rotatable bonds is 4. The Morgan fingerprint density at radius 1 is 1.61 bits per heavy atom. The van der Waals surface area contributed by atoms with Gasteiger partial charge < -0.3 is 5.32 Å². The minimum Gasteiger partial charge on any atom is -0.377 e. The SMILES string of the molecule is C=CCn1ncc(NC2(C)CCCC2)c(Cl)c1=O. The zero-order valence-corrected chi connectivity index (χ0v) is 11.3. The fourth-order valence-corrected chi connectivity index (χ4v) is 2.60. The summed E-state index contributed by atoms with van der Waals surface area (Å²) in [7, 11) is 0. The Balaban J connectivity index is 2.27. The number of anilines is 1. The van der Waals surface area contributed by atoms with E-state index in [1.165, 1.54) is 17.5 Å². The molecule has 1 aliphatic carbocycles. The van der Waals surface area contributed by atoms with Gasteiger partial charge in [0.1, 0.15) is 5.02 Å². The van der Waals surface area contributed by atoms with Crippen LogP contribution in [-0.2, 0) is 6.54 Å². The molecule has 4 nitrogen and oxygen atoms in total. The van der Waals surface area contributed by atoms with Crippen molar-refractivity contribution in [2.75, 3.05) is 5.32 Å². The molecule has 0 spiro atoms. The lowest BCUT2D eigenvalue weighted by Gasteiger charge is -2.27. The van der Waals surface area contributed by atoms with Crippen molar-refractivity contribution >= 4 is 17.3 Å². The summed E-state index contributed by atoms with van der Waals surface area (Å²) in [5.41, 5.74) is 0.386. The van der Waals surface area contributed by atoms with E-state index in [2.05, 4.69) is 23.9 Å². The summed E-state index contributed by atoms with van der Waals surface area (Å²) in [5, 5.41) is 7.66. The van der Waals surface area contributed by atoms with Gasteiger partial charge in [0.2, 0.25) is 0 Å². The molecular formula is C13H18ClN3O. The molecule has 0 aromatic carbocycles.